The van der Waals surface area contributed by atoms with E-state index < -0.39 is 0 Å². The summed E-state index contributed by atoms with van der Waals surface area (Å²) < 4.78 is 11.2. The average molecular weight is 430 g/mol. The summed E-state index contributed by atoms with van der Waals surface area (Å²) in [6, 6.07) is 4.73. The first-order valence-corrected chi connectivity index (χ1v) is 9.45. The molecule has 3 heterocycles. The average Bonchev–Trinajstić information content (AvgIpc) is 2.68. The first-order chi connectivity index (χ1) is 12.7. The van der Waals surface area contributed by atoms with Crippen molar-refractivity contribution in [2.75, 3.05) is 39.2 Å². The lowest BCUT2D eigenvalue weighted by Gasteiger charge is -2.31. The van der Waals surface area contributed by atoms with Crippen LogP contribution in [0.1, 0.15) is 30.4 Å². The predicted molar refractivity (Wildman–Crippen MR) is 118 cm³/mol. The Morgan fingerprint density at radius 2 is 2.00 bits per heavy atom. The molecule has 0 aliphatic carbocycles. The van der Waals surface area contributed by atoms with Gasteiger partial charge in [0, 0.05) is 37.9 Å². The predicted octanol–water partition coefficient (Wildman–Crippen LogP) is 3.35. The Bertz CT molecular complexity index is 866. The van der Waals surface area contributed by atoms with Crippen LogP contribution in [0.25, 0.3) is 10.9 Å². The highest BCUT2D eigenvalue weighted by atomic mass is 35.5. The van der Waals surface area contributed by atoms with E-state index in [9.17, 15) is 4.79 Å². The summed E-state index contributed by atoms with van der Waals surface area (Å²) in [6.07, 6.45) is 3.92. The van der Waals surface area contributed by atoms with Gasteiger partial charge in [-0.1, -0.05) is 0 Å². The molecule has 2 aliphatic heterocycles. The molecule has 4 rings (SSSR count). The van der Waals surface area contributed by atoms with Crippen LogP contribution in [0.4, 0.5) is 5.69 Å². The summed E-state index contributed by atoms with van der Waals surface area (Å²) in [4.78, 5) is 17.9. The van der Waals surface area contributed by atoms with E-state index in [0.29, 0.717) is 6.04 Å². The third-order valence-electron chi connectivity index (χ3n) is 5.61. The van der Waals surface area contributed by atoms with E-state index in [2.05, 4.69) is 34.4 Å². The number of fused-ring (bicyclic) bond motifs is 3. The van der Waals surface area contributed by atoms with Crippen molar-refractivity contribution in [2.45, 2.75) is 38.3 Å². The van der Waals surface area contributed by atoms with E-state index in [0.717, 1.165) is 85.5 Å². The minimum absolute atomic E-state index is 0. The number of rotatable bonds is 4. The quantitative estimate of drug-likeness (QED) is 0.779. The number of H-pyrrole nitrogens is 1. The number of ether oxygens (including phenoxy) is 2. The van der Waals surface area contributed by atoms with Crippen LogP contribution in [-0.4, -0.2) is 49.8 Å². The van der Waals surface area contributed by atoms with Crippen molar-refractivity contribution in [3.8, 4) is 5.75 Å². The maximum absolute atomic E-state index is 12.5. The van der Waals surface area contributed by atoms with Gasteiger partial charge in [0.15, 0.2) is 0 Å². The number of aromatic nitrogens is 1. The molecule has 0 radical (unpaired) electrons. The fraction of sp³-hybridized carbons (Fsp3) is 0.550. The highest BCUT2D eigenvalue weighted by molar-refractivity contribution is 5.98. The number of halogens is 2. The number of hydrogen-bond acceptors (Lipinski definition) is 5. The van der Waals surface area contributed by atoms with E-state index in [-0.39, 0.29) is 30.4 Å². The number of hydrogen-bond donors (Lipinski definition) is 2. The number of pyridine rings is 1. The van der Waals surface area contributed by atoms with E-state index in [1.807, 2.05) is 0 Å². The first kappa shape index (κ1) is 22.8. The molecule has 0 amide bonds. The molecule has 1 saturated heterocycles. The van der Waals surface area contributed by atoms with E-state index >= 15 is 0 Å². The van der Waals surface area contributed by atoms with E-state index in [4.69, 9.17) is 9.47 Å². The number of nitrogens with zero attached hydrogens (tertiary/aromatic N) is 1. The maximum Gasteiger partial charge on any atom is 0.253 e. The third kappa shape index (κ3) is 4.40. The molecule has 1 aromatic carbocycles. The van der Waals surface area contributed by atoms with Gasteiger partial charge in [-0.25, -0.2) is 0 Å². The van der Waals surface area contributed by atoms with Gasteiger partial charge in [-0.15, -0.1) is 24.8 Å². The minimum Gasteiger partial charge on any atom is -0.496 e. The summed E-state index contributed by atoms with van der Waals surface area (Å²) in [5.41, 5.74) is 3.79. The molecule has 8 heteroatoms. The molecule has 1 aromatic heterocycles. The molecular formula is C20H29Cl2N3O3. The molecule has 6 nitrogen and oxygen atoms in total. The van der Waals surface area contributed by atoms with Crippen molar-refractivity contribution in [3.63, 3.8) is 0 Å². The van der Waals surface area contributed by atoms with Crippen molar-refractivity contribution in [2.24, 2.45) is 0 Å². The zero-order chi connectivity index (χ0) is 18.1. The van der Waals surface area contributed by atoms with Crippen LogP contribution in [0.5, 0.6) is 5.75 Å². The zero-order valence-corrected chi connectivity index (χ0v) is 18.0. The molecule has 156 valence electrons. The van der Waals surface area contributed by atoms with Gasteiger partial charge in [0.25, 0.3) is 5.56 Å². The van der Waals surface area contributed by atoms with Gasteiger partial charge in [0.05, 0.1) is 23.7 Å². The topological polar surface area (TPSA) is 66.6 Å². The second kappa shape index (κ2) is 9.83. The Labute approximate surface area is 177 Å². The number of benzene rings is 1. The van der Waals surface area contributed by atoms with Gasteiger partial charge in [-0.05, 0) is 50.4 Å². The summed E-state index contributed by atoms with van der Waals surface area (Å²) in [5, 5.41) is 4.39. The summed E-state index contributed by atoms with van der Waals surface area (Å²) in [7, 11) is 3.85. The minimum atomic E-state index is 0. The van der Waals surface area contributed by atoms with Crippen LogP contribution in [0.15, 0.2) is 16.9 Å². The number of nitrogens with one attached hydrogen (secondary N) is 2. The van der Waals surface area contributed by atoms with Gasteiger partial charge < -0.3 is 19.8 Å². The summed E-state index contributed by atoms with van der Waals surface area (Å²) in [5.74, 6) is 0.819. The fourth-order valence-corrected chi connectivity index (χ4v) is 4.20. The molecule has 0 atom stereocenters. The van der Waals surface area contributed by atoms with Crippen molar-refractivity contribution in [3.05, 3.63) is 33.6 Å². The van der Waals surface area contributed by atoms with E-state index in [1.165, 1.54) is 0 Å². The smallest absolute Gasteiger partial charge is 0.253 e. The lowest BCUT2D eigenvalue weighted by molar-refractivity contribution is 0.0407. The molecule has 0 spiro atoms. The van der Waals surface area contributed by atoms with Gasteiger partial charge in [-0.3, -0.25) is 9.69 Å². The van der Waals surface area contributed by atoms with E-state index in [1.54, 1.807) is 7.11 Å². The van der Waals surface area contributed by atoms with Crippen LogP contribution in [-0.2, 0) is 17.7 Å². The Hall–Kier alpha value is -1.47. The van der Waals surface area contributed by atoms with Gasteiger partial charge in [-0.2, -0.15) is 0 Å². The van der Waals surface area contributed by atoms with Crippen LogP contribution >= 0.6 is 24.8 Å². The lowest BCUT2D eigenvalue weighted by Crippen LogP contribution is -2.36. The molecule has 1 fully saturated rings. The highest BCUT2D eigenvalue weighted by Crippen LogP contribution is 2.35. The molecule has 0 bridgehead atoms. The lowest BCUT2D eigenvalue weighted by atomic mass is 9.99. The second-order valence-electron chi connectivity index (χ2n) is 7.32. The standard InChI is InChI=1S/C20H27N3O3.2ClH/c1-23(14-5-8-26-9-6-14)12-13-10-16-18(17(11-13)25-2)19-15(20(24)22-16)4-3-7-21-19;;/h10-11,14,21H,3-9,12H2,1-2H3,(H,22,24);2*1H. The zero-order valence-electron chi connectivity index (χ0n) is 16.4. The normalized spacial score (nSPS) is 16.7. The van der Waals surface area contributed by atoms with Crippen molar-refractivity contribution in [1.29, 1.82) is 0 Å². The Morgan fingerprint density at radius 1 is 1.25 bits per heavy atom. The molecule has 2 N–H and O–H groups in total. The highest BCUT2D eigenvalue weighted by Gasteiger charge is 2.22. The Balaban J connectivity index is 0.00000140. The van der Waals surface area contributed by atoms with Crippen LogP contribution < -0.4 is 15.6 Å². The largest absolute Gasteiger partial charge is 0.496 e. The number of anilines is 1. The third-order valence-corrected chi connectivity index (χ3v) is 5.61. The SMILES string of the molecule is COc1cc(CN(C)C2CCOCC2)cc2[nH]c(=O)c3c(c12)NCCC3.Cl.Cl. The van der Waals surface area contributed by atoms with Crippen molar-refractivity contribution in [1.82, 2.24) is 9.88 Å². The second-order valence-corrected chi connectivity index (χ2v) is 7.32. The molecule has 2 aromatic rings. The molecule has 28 heavy (non-hydrogen) atoms. The molecule has 0 unspecified atom stereocenters. The van der Waals surface area contributed by atoms with Crippen molar-refractivity contribution < 1.29 is 9.47 Å². The Morgan fingerprint density at radius 3 is 2.71 bits per heavy atom. The maximum atomic E-state index is 12.5. The van der Waals surface area contributed by atoms with Crippen LogP contribution in [0, 0.1) is 0 Å². The first-order valence-electron chi connectivity index (χ1n) is 9.45. The molecular weight excluding hydrogens is 401 g/mol. The molecule has 0 saturated carbocycles. The van der Waals surface area contributed by atoms with Gasteiger partial charge >= 0.3 is 0 Å². The van der Waals surface area contributed by atoms with Crippen LogP contribution in [0.2, 0.25) is 0 Å². The monoisotopic (exact) mass is 429 g/mol. The number of aromatic amines is 1. The summed E-state index contributed by atoms with van der Waals surface area (Å²) >= 11 is 0. The van der Waals surface area contributed by atoms with Crippen molar-refractivity contribution >= 4 is 41.4 Å². The van der Waals surface area contributed by atoms with Gasteiger partial charge in [0.2, 0.25) is 0 Å². The fourth-order valence-electron chi connectivity index (χ4n) is 4.20. The van der Waals surface area contributed by atoms with Crippen LogP contribution in [0.3, 0.4) is 0 Å². The van der Waals surface area contributed by atoms with Gasteiger partial charge in [0.1, 0.15) is 5.75 Å². The number of methoxy groups -OCH3 is 1. The summed E-state index contributed by atoms with van der Waals surface area (Å²) in [6.45, 7) is 3.38. The Kier molecular flexibility index (Phi) is 8.01. The molecule has 2 aliphatic rings.